The van der Waals surface area contributed by atoms with Crippen LogP contribution in [0.25, 0.3) is 0 Å². The maximum atomic E-state index is 9.90. The molecule has 0 rings (SSSR count). The molecule has 0 bridgehead atoms. The third-order valence-electron chi connectivity index (χ3n) is 1.03. The monoisotopic (exact) mass is 206 g/mol. The zero-order valence-electron chi connectivity index (χ0n) is 8.75. The van der Waals surface area contributed by atoms with E-state index in [1.54, 1.807) is 0 Å². The fourth-order valence-electron chi connectivity index (χ4n) is 0.552. The number of carboxylic acid groups (broad SMARTS) is 2. The molecule has 0 aliphatic rings. The topological polar surface area (TPSA) is 106 Å². The van der Waals surface area contributed by atoms with Gasteiger partial charge in [0.2, 0.25) is 0 Å². The van der Waals surface area contributed by atoms with E-state index in [0.717, 1.165) is 0 Å². The largest absolute Gasteiger partial charge is 2.00 e. The molecule has 0 aliphatic carbocycles. The van der Waals surface area contributed by atoms with Crippen molar-refractivity contribution >= 4 is 49.7 Å². The Hall–Kier alpha value is 0.160. The van der Waals surface area contributed by atoms with Crippen LogP contribution in [0.4, 0.5) is 0 Å². The normalized spacial score (nSPS) is 7.67. The third kappa shape index (κ3) is 16.6. The average molecular weight is 206 g/mol. The zero-order chi connectivity index (χ0) is 7.98. The second-order valence-corrected chi connectivity index (χ2v) is 1.99. The molecule has 0 aromatic carbocycles. The molecule has 6 heteroatoms. The van der Waals surface area contributed by atoms with Crippen molar-refractivity contribution in [1.82, 2.24) is 0 Å². The van der Waals surface area contributed by atoms with Crippen molar-refractivity contribution in [2.75, 3.05) is 0 Å². The fourth-order valence-corrected chi connectivity index (χ4v) is 0.552. The minimum absolute atomic E-state index is 0. The minimum atomic E-state index is -0.870. The van der Waals surface area contributed by atoms with Gasteiger partial charge in [0.1, 0.15) is 0 Å². The number of hydrogen-bond acceptors (Lipinski definition) is 2. The van der Waals surface area contributed by atoms with Crippen LogP contribution in [-0.2, 0) is 9.59 Å². The van der Waals surface area contributed by atoms with Crippen molar-refractivity contribution in [2.24, 2.45) is 0 Å². The molecule has 0 saturated carbocycles. The van der Waals surface area contributed by atoms with Gasteiger partial charge in [0.15, 0.2) is 0 Å². The van der Waals surface area contributed by atoms with E-state index in [1.165, 1.54) is 0 Å². The Balaban J connectivity index is -0.0000000675. The molecule has 0 saturated heterocycles. The van der Waals surface area contributed by atoms with E-state index < -0.39 is 11.9 Å². The van der Waals surface area contributed by atoms with Gasteiger partial charge in [-0.3, -0.25) is 9.59 Å². The summed E-state index contributed by atoms with van der Waals surface area (Å²) in [5.74, 6) is -1.74. The Morgan fingerprint density at radius 2 is 1.25 bits per heavy atom. The first-order valence-corrected chi connectivity index (χ1v) is 3.06. The molecule has 12 heavy (non-hydrogen) atoms. The fraction of sp³-hybridized carbons (Fsp3) is 0.667. The van der Waals surface area contributed by atoms with Crippen LogP contribution in [-0.4, -0.2) is 65.4 Å². The summed E-state index contributed by atoms with van der Waals surface area (Å²) >= 11 is 0. The van der Waals surface area contributed by atoms with Gasteiger partial charge in [-0.1, -0.05) is 0 Å². The second-order valence-electron chi connectivity index (χ2n) is 1.99. The van der Waals surface area contributed by atoms with Crippen molar-refractivity contribution < 1.29 is 28.1 Å². The van der Waals surface area contributed by atoms with Crippen LogP contribution in [0.1, 0.15) is 28.5 Å². The molecule has 4 N–H and O–H groups in total. The first-order chi connectivity index (χ1) is 4.63. The van der Waals surface area contributed by atoms with E-state index in [0.29, 0.717) is 12.8 Å². The molecule has 0 amide bonds. The summed E-state index contributed by atoms with van der Waals surface area (Å²) in [6.07, 6.45) is 1.02. The standard InChI is InChI=1S/C6H10O4.Ca.H2O.2H/c7-5(8)3-1-2-4-6(9)10;;;;/h1-4H2,(H,7,8)(H,9,10);;1H2;;/q;+2;;2*-1. The van der Waals surface area contributed by atoms with E-state index in [9.17, 15) is 9.59 Å². The number of rotatable bonds is 5. The van der Waals surface area contributed by atoms with Crippen molar-refractivity contribution in [3.63, 3.8) is 0 Å². The molecule has 0 spiro atoms. The Kier molecular flexibility index (Phi) is 16.8. The van der Waals surface area contributed by atoms with E-state index in [4.69, 9.17) is 10.2 Å². The second kappa shape index (κ2) is 11.2. The van der Waals surface area contributed by atoms with Gasteiger partial charge in [-0.2, -0.15) is 0 Å². The molecule has 0 heterocycles. The SMILES string of the molecule is O.O=C(O)CCCCC(=O)O.[Ca+2].[H-].[H-]. The molecule has 70 valence electrons. The van der Waals surface area contributed by atoms with Crippen molar-refractivity contribution in [3.8, 4) is 0 Å². The van der Waals surface area contributed by atoms with Gasteiger partial charge in [-0.05, 0) is 12.8 Å². The van der Waals surface area contributed by atoms with Gasteiger partial charge >= 0.3 is 49.7 Å². The molecular weight excluding hydrogens is 192 g/mol. The van der Waals surface area contributed by atoms with Crippen LogP contribution in [0.15, 0.2) is 0 Å². The van der Waals surface area contributed by atoms with E-state index in [2.05, 4.69) is 0 Å². The summed E-state index contributed by atoms with van der Waals surface area (Å²) in [4.78, 5) is 19.8. The summed E-state index contributed by atoms with van der Waals surface area (Å²) < 4.78 is 0. The summed E-state index contributed by atoms with van der Waals surface area (Å²) in [7, 11) is 0. The van der Waals surface area contributed by atoms with E-state index in [1.807, 2.05) is 0 Å². The molecule has 0 atom stereocenters. The predicted molar refractivity (Wildman–Crippen MR) is 45.3 cm³/mol. The van der Waals surface area contributed by atoms with E-state index in [-0.39, 0.29) is 58.9 Å². The van der Waals surface area contributed by atoms with Crippen LogP contribution >= 0.6 is 0 Å². The summed E-state index contributed by atoms with van der Waals surface area (Å²) in [5, 5.41) is 16.3. The van der Waals surface area contributed by atoms with Crippen LogP contribution in [0.3, 0.4) is 0 Å². The average Bonchev–Trinajstić information content (AvgIpc) is 1.79. The molecule has 0 radical (unpaired) electrons. The van der Waals surface area contributed by atoms with Crippen LogP contribution < -0.4 is 0 Å². The number of hydrogen-bond donors (Lipinski definition) is 2. The summed E-state index contributed by atoms with van der Waals surface area (Å²) in [5.41, 5.74) is 0. The zero-order valence-corrected chi connectivity index (χ0v) is 8.95. The first-order valence-electron chi connectivity index (χ1n) is 3.06. The van der Waals surface area contributed by atoms with Crippen molar-refractivity contribution in [2.45, 2.75) is 25.7 Å². The van der Waals surface area contributed by atoms with Crippen LogP contribution in [0, 0.1) is 0 Å². The number of carbonyl (C=O) groups is 2. The van der Waals surface area contributed by atoms with Gasteiger partial charge in [0.25, 0.3) is 0 Å². The summed E-state index contributed by atoms with van der Waals surface area (Å²) in [6, 6.07) is 0. The minimum Gasteiger partial charge on any atom is -1.00 e. The van der Waals surface area contributed by atoms with Gasteiger partial charge in [-0.15, -0.1) is 0 Å². The van der Waals surface area contributed by atoms with Crippen LogP contribution in [0.5, 0.6) is 0 Å². The van der Waals surface area contributed by atoms with Gasteiger partial charge in [-0.25, -0.2) is 0 Å². The molecule has 0 aromatic rings. The molecule has 0 aliphatic heterocycles. The van der Waals surface area contributed by atoms with E-state index >= 15 is 0 Å². The van der Waals surface area contributed by atoms with Gasteiger partial charge in [0, 0.05) is 12.8 Å². The smallest absolute Gasteiger partial charge is 1.00 e. The number of aliphatic carboxylic acids is 2. The molecule has 0 unspecified atom stereocenters. The van der Waals surface area contributed by atoms with Crippen molar-refractivity contribution in [3.05, 3.63) is 0 Å². The Bertz CT molecular complexity index is 128. The maximum absolute atomic E-state index is 9.90. The van der Waals surface area contributed by atoms with Crippen molar-refractivity contribution in [1.29, 1.82) is 0 Å². The quantitative estimate of drug-likeness (QED) is 0.477. The predicted octanol–water partition coefficient (Wildman–Crippen LogP) is -0.265. The Labute approximate surface area is 103 Å². The molecule has 5 nitrogen and oxygen atoms in total. The van der Waals surface area contributed by atoms with Crippen LogP contribution in [0.2, 0.25) is 0 Å². The molecule has 0 fully saturated rings. The Morgan fingerprint density at radius 3 is 1.42 bits per heavy atom. The third-order valence-corrected chi connectivity index (χ3v) is 1.03. The van der Waals surface area contributed by atoms with Gasteiger partial charge in [0.05, 0.1) is 0 Å². The summed E-state index contributed by atoms with van der Waals surface area (Å²) in [6.45, 7) is 0. The number of carboxylic acids is 2. The first kappa shape index (κ1) is 18.0. The molecular formula is C6H14CaO5. The maximum Gasteiger partial charge on any atom is 2.00 e. The Morgan fingerprint density at radius 1 is 1.00 bits per heavy atom. The molecule has 0 aromatic heterocycles. The number of unbranched alkanes of at least 4 members (excludes halogenated alkanes) is 1. The van der Waals surface area contributed by atoms with Gasteiger partial charge < -0.3 is 18.5 Å².